The van der Waals surface area contributed by atoms with E-state index < -0.39 is 0 Å². The van der Waals surface area contributed by atoms with Crippen LogP contribution in [0.25, 0.3) is 11.0 Å². The van der Waals surface area contributed by atoms with Crippen molar-refractivity contribution in [2.45, 2.75) is 25.3 Å². The van der Waals surface area contributed by atoms with Crippen molar-refractivity contribution in [1.82, 2.24) is 20.2 Å². The van der Waals surface area contributed by atoms with Crippen LogP contribution in [0.1, 0.15) is 19.3 Å². The molecule has 6 heteroatoms. The largest absolute Gasteiger partial charge is 0.353 e. The number of fused-ring (bicyclic) bond motifs is 3. The zero-order valence-corrected chi connectivity index (χ0v) is 9.98. The number of aromatic amines is 1. The van der Waals surface area contributed by atoms with Crippen LogP contribution < -0.4 is 4.90 Å². The molecule has 2 aromatic heterocycles. The van der Waals surface area contributed by atoms with E-state index in [1.54, 1.807) is 6.20 Å². The smallest absolute Gasteiger partial charge is 0.226 e. The maximum Gasteiger partial charge on any atom is 0.226 e. The molecular weight excluding hydrogens is 238 g/mol. The van der Waals surface area contributed by atoms with Crippen LogP contribution in [0.3, 0.4) is 0 Å². The molecule has 1 saturated carbocycles. The van der Waals surface area contributed by atoms with Crippen molar-refractivity contribution >= 4 is 28.5 Å². The SMILES string of the molecule is Clc1nc(N2CC3CCC2C3)c2cn[nH]c2n1. The van der Waals surface area contributed by atoms with Gasteiger partial charge in [-0.1, -0.05) is 0 Å². The highest BCUT2D eigenvalue weighted by atomic mass is 35.5. The molecule has 4 rings (SSSR count). The summed E-state index contributed by atoms with van der Waals surface area (Å²) in [5.41, 5.74) is 0.725. The Balaban J connectivity index is 1.87. The second kappa shape index (κ2) is 3.32. The van der Waals surface area contributed by atoms with Crippen molar-refractivity contribution in [3.63, 3.8) is 0 Å². The standard InChI is InChI=1S/C11H12ClN5/c12-11-14-9-8(4-13-16-9)10(15-11)17-5-6-1-2-7(17)3-6/h4,6-7H,1-3,5H2,(H,13,14,15,16). The van der Waals surface area contributed by atoms with E-state index in [2.05, 4.69) is 25.1 Å². The summed E-state index contributed by atoms with van der Waals surface area (Å²) in [5.74, 6) is 1.77. The third kappa shape index (κ3) is 1.35. The number of anilines is 1. The highest BCUT2D eigenvalue weighted by Gasteiger charge is 2.39. The van der Waals surface area contributed by atoms with Gasteiger partial charge in [0.2, 0.25) is 5.28 Å². The van der Waals surface area contributed by atoms with Crippen molar-refractivity contribution in [2.24, 2.45) is 5.92 Å². The summed E-state index contributed by atoms with van der Waals surface area (Å²) in [6, 6.07) is 0.629. The van der Waals surface area contributed by atoms with Crippen LogP contribution in [0.4, 0.5) is 5.82 Å². The van der Waals surface area contributed by atoms with E-state index >= 15 is 0 Å². The molecule has 0 radical (unpaired) electrons. The topological polar surface area (TPSA) is 57.7 Å². The monoisotopic (exact) mass is 249 g/mol. The molecule has 2 bridgehead atoms. The zero-order valence-electron chi connectivity index (χ0n) is 9.23. The minimum Gasteiger partial charge on any atom is -0.353 e. The molecule has 2 atom stereocenters. The van der Waals surface area contributed by atoms with Gasteiger partial charge >= 0.3 is 0 Å². The molecule has 0 aromatic carbocycles. The third-order valence-corrected chi connectivity index (χ3v) is 4.11. The molecule has 2 fully saturated rings. The Bertz CT molecular complexity index is 580. The second-order valence-corrected chi connectivity index (χ2v) is 5.27. The van der Waals surface area contributed by atoms with Gasteiger partial charge in [-0.15, -0.1) is 0 Å². The first-order chi connectivity index (χ1) is 8.31. The first-order valence-corrected chi connectivity index (χ1v) is 6.32. The summed E-state index contributed by atoms with van der Waals surface area (Å²) in [4.78, 5) is 10.9. The van der Waals surface area contributed by atoms with Crippen LogP contribution in [0.15, 0.2) is 6.20 Å². The molecular formula is C11H12ClN5. The lowest BCUT2D eigenvalue weighted by molar-refractivity contribution is 0.551. The van der Waals surface area contributed by atoms with Crippen molar-refractivity contribution in [2.75, 3.05) is 11.4 Å². The Morgan fingerprint density at radius 2 is 2.29 bits per heavy atom. The number of rotatable bonds is 1. The Morgan fingerprint density at radius 3 is 3.06 bits per heavy atom. The molecule has 0 amide bonds. The molecule has 0 spiro atoms. The molecule has 3 heterocycles. The molecule has 2 unspecified atom stereocenters. The number of aromatic nitrogens is 4. The van der Waals surface area contributed by atoms with Gasteiger partial charge in [0.15, 0.2) is 5.65 Å². The number of nitrogens with one attached hydrogen (secondary N) is 1. The average Bonchev–Trinajstić information content (AvgIpc) is 3.02. The number of hydrogen-bond acceptors (Lipinski definition) is 4. The summed E-state index contributed by atoms with van der Waals surface area (Å²) in [7, 11) is 0. The average molecular weight is 250 g/mol. The lowest BCUT2D eigenvalue weighted by Crippen LogP contribution is -2.32. The lowest BCUT2D eigenvalue weighted by atomic mass is 10.1. The highest BCUT2D eigenvalue weighted by Crippen LogP contribution is 2.41. The van der Waals surface area contributed by atoms with Crippen LogP contribution in [0.2, 0.25) is 5.28 Å². The number of hydrogen-bond donors (Lipinski definition) is 1. The number of piperidine rings is 1. The molecule has 2 aliphatic rings. The highest BCUT2D eigenvalue weighted by molar-refractivity contribution is 6.28. The van der Waals surface area contributed by atoms with Crippen LogP contribution in [0.5, 0.6) is 0 Å². The second-order valence-electron chi connectivity index (χ2n) is 4.93. The van der Waals surface area contributed by atoms with Crippen LogP contribution in [-0.4, -0.2) is 32.8 Å². The van der Waals surface area contributed by atoms with Gasteiger partial charge in [0.1, 0.15) is 5.82 Å². The van der Waals surface area contributed by atoms with E-state index in [0.29, 0.717) is 11.3 Å². The zero-order chi connectivity index (χ0) is 11.4. The van der Waals surface area contributed by atoms with E-state index in [4.69, 9.17) is 11.6 Å². The fourth-order valence-corrected chi connectivity index (χ4v) is 3.36. The lowest BCUT2D eigenvalue weighted by Gasteiger charge is -2.28. The summed E-state index contributed by atoms with van der Waals surface area (Å²) >= 11 is 5.96. The molecule has 2 aromatic rings. The van der Waals surface area contributed by atoms with Crippen LogP contribution in [0, 0.1) is 5.92 Å². The van der Waals surface area contributed by atoms with E-state index in [1.165, 1.54) is 19.3 Å². The van der Waals surface area contributed by atoms with Gasteiger partial charge in [-0.3, -0.25) is 5.10 Å². The maximum atomic E-state index is 5.96. The number of H-pyrrole nitrogens is 1. The van der Waals surface area contributed by atoms with Crippen molar-refractivity contribution in [1.29, 1.82) is 0 Å². The molecule has 88 valence electrons. The Morgan fingerprint density at radius 1 is 1.35 bits per heavy atom. The first kappa shape index (κ1) is 9.65. The number of halogens is 1. The minimum atomic E-state index is 0.291. The fourth-order valence-electron chi connectivity index (χ4n) is 3.20. The van der Waals surface area contributed by atoms with Gasteiger partial charge < -0.3 is 4.90 Å². The van der Waals surface area contributed by atoms with Crippen LogP contribution >= 0.6 is 11.6 Å². The minimum absolute atomic E-state index is 0.291. The molecule has 17 heavy (non-hydrogen) atoms. The van der Waals surface area contributed by atoms with Crippen molar-refractivity contribution in [3.05, 3.63) is 11.5 Å². The Labute approximate surface area is 103 Å². The maximum absolute atomic E-state index is 5.96. The predicted octanol–water partition coefficient (Wildman–Crippen LogP) is 1.99. The first-order valence-electron chi connectivity index (χ1n) is 5.94. The normalized spacial score (nSPS) is 27.2. The fraction of sp³-hybridized carbons (Fsp3) is 0.545. The van der Waals surface area contributed by atoms with Crippen molar-refractivity contribution in [3.8, 4) is 0 Å². The molecule has 5 nitrogen and oxygen atoms in total. The van der Waals surface area contributed by atoms with Gasteiger partial charge in [0.25, 0.3) is 0 Å². The molecule has 1 aliphatic heterocycles. The Kier molecular flexibility index (Phi) is 1.88. The quantitative estimate of drug-likeness (QED) is 0.786. The van der Waals surface area contributed by atoms with E-state index in [9.17, 15) is 0 Å². The Hall–Kier alpha value is -1.36. The van der Waals surface area contributed by atoms with Gasteiger partial charge in [0, 0.05) is 12.6 Å². The van der Waals surface area contributed by atoms with E-state index in [-0.39, 0.29) is 0 Å². The van der Waals surface area contributed by atoms with E-state index in [1.807, 2.05) is 0 Å². The van der Waals surface area contributed by atoms with Gasteiger partial charge in [-0.25, -0.2) is 0 Å². The van der Waals surface area contributed by atoms with Gasteiger partial charge in [-0.05, 0) is 36.8 Å². The van der Waals surface area contributed by atoms with Crippen molar-refractivity contribution < 1.29 is 0 Å². The number of nitrogens with zero attached hydrogens (tertiary/aromatic N) is 4. The van der Waals surface area contributed by atoms with Gasteiger partial charge in [0.05, 0.1) is 11.6 Å². The third-order valence-electron chi connectivity index (χ3n) is 3.94. The summed E-state index contributed by atoms with van der Waals surface area (Å²) in [5, 5.41) is 8.15. The summed E-state index contributed by atoms with van der Waals surface area (Å²) in [6.07, 6.45) is 5.70. The molecule has 1 aliphatic carbocycles. The van der Waals surface area contributed by atoms with E-state index in [0.717, 1.165) is 29.3 Å². The van der Waals surface area contributed by atoms with Crippen LogP contribution in [-0.2, 0) is 0 Å². The predicted molar refractivity (Wildman–Crippen MR) is 65.2 cm³/mol. The summed E-state index contributed by atoms with van der Waals surface area (Å²) in [6.45, 7) is 1.10. The summed E-state index contributed by atoms with van der Waals surface area (Å²) < 4.78 is 0. The molecule has 1 N–H and O–H groups in total. The molecule has 1 saturated heterocycles. The van der Waals surface area contributed by atoms with Gasteiger partial charge in [-0.2, -0.15) is 15.1 Å².